The van der Waals surface area contributed by atoms with Crippen LogP contribution < -0.4 is 5.32 Å². The number of carbonyl (C=O) groups is 1. The van der Waals surface area contributed by atoms with Gasteiger partial charge in [0, 0.05) is 31.6 Å². The second kappa shape index (κ2) is 9.18. The van der Waals surface area contributed by atoms with Crippen LogP contribution in [0, 0.1) is 0 Å². The van der Waals surface area contributed by atoms with Crippen molar-refractivity contribution in [3.05, 3.63) is 65.5 Å². The van der Waals surface area contributed by atoms with E-state index < -0.39 is 10.0 Å². The molecule has 0 spiro atoms. The van der Waals surface area contributed by atoms with Crippen LogP contribution in [0.15, 0.2) is 58.6 Å². The molecule has 1 saturated heterocycles. The van der Waals surface area contributed by atoms with Crippen molar-refractivity contribution < 1.29 is 17.6 Å². The Balaban J connectivity index is 1.47. The third-order valence-corrected chi connectivity index (χ3v) is 6.20. The highest BCUT2D eigenvalue weighted by Gasteiger charge is 2.26. The zero-order chi connectivity index (χ0) is 20.0. The molecule has 150 valence electrons. The summed E-state index contributed by atoms with van der Waals surface area (Å²) in [5, 5.41) is 4.14. The minimum absolute atomic E-state index is 0.107. The summed E-state index contributed by atoms with van der Waals surface area (Å²) in [5.41, 5.74) is 0.840. The summed E-state index contributed by atoms with van der Waals surface area (Å²) in [5.74, 6) is 0.596. The molecule has 1 aliphatic heterocycles. The number of sulfonamides is 1. The molecule has 8 heteroatoms. The molecule has 1 amide bonds. The van der Waals surface area contributed by atoms with Crippen LogP contribution in [-0.2, 0) is 14.8 Å². The zero-order valence-corrected chi connectivity index (χ0v) is 16.6. The predicted molar refractivity (Wildman–Crippen MR) is 108 cm³/mol. The lowest BCUT2D eigenvalue weighted by atomic mass is 10.2. The smallest absolute Gasteiger partial charge is 0.236 e. The topological polar surface area (TPSA) is 82.9 Å². The number of rotatable bonds is 7. The monoisotopic (exact) mass is 403 g/mol. The summed E-state index contributed by atoms with van der Waals surface area (Å²) in [7, 11) is -3.47. The van der Waals surface area contributed by atoms with Crippen molar-refractivity contribution in [3.63, 3.8) is 0 Å². The molecule has 0 radical (unpaired) electrons. The summed E-state index contributed by atoms with van der Waals surface area (Å²) < 4.78 is 31.7. The fraction of sp³-hybridized carbons (Fsp3) is 0.350. The van der Waals surface area contributed by atoms with Crippen molar-refractivity contribution in [2.24, 2.45) is 0 Å². The molecule has 1 N–H and O–H groups in total. The molecule has 0 saturated carbocycles. The first-order valence-corrected chi connectivity index (χ1v) is 10.7. The molecule has 2 aromatic rings. The van der Waals surface area contributed by atoms with E-state index in [1.165, 1.54) is 9.71 Å². The zero-order valence-electron chi connectivity index (χ0n) is 15.8. The SMILES string of the molecule is C[C@@H](NC(=O)CN1CCN(S(=O)(=O)/C=C/c2ccccc2)CC1)c1ccco1. The van der Waals surface area contributed by atoms with Gasteiger partial charge < -0.3 is 9.73 Å². The van der Waals surface area contributed by atoms with Crippen LogP contribution >= 0.6 is 0 Å². The third kappa shape index (κ3) is 5.54. The Morgan fingerprint density at radius 3 is 2.50 bits per heavy atom. The number of nitrogens with one attached hydrogen (secondary N) is 1. The lowest BCUT2D eigenvalue weighted by molar-refractivity contribution is -0.123. The van der Waals surface area contributed by atoms with Gasteiger partial charge in [-0.3, -0.25) is 9.69 Å². The Bertz CT molecular complexity index is 887. The largest absolute Gasteiger partial charge is 0.467 e. The molecule has 7 nitrogen and oxygen atoms in total. The van der Waals surface area contributed by atoms with E-state index in [9.17, 15) is 13.2 Å². The number of amides is 1. The van der Waals surface area contributed by atoms with Gasteiger partial charge in [0.15, 0.2) is 0 Å². The molecule has 2 heterocycles. The van der Waals surface area contributed by atoms with E-state index >= 15 is 0 Å². The van der Waals surface area contributed by atoms with Gasteiger partial charge in [-0.1, -0.05) is 30.3 Å². The number of hydrogen-bond donors (Lipinski definition) is 1. The van der Waals surface area contributed by atoms with Gasteiger partial charge in [0.1, 0.15) is 5.76 Å². The van der Waals surface area contributed by atoms with Crippen molar-refractivity contribution in [1.29, 1.82) is 0 Å². The number of benzene rings is 1. The normalized spacial score (nSPS) is 17.6. The third-order valence-electron chi connectivity index (χ3n) is 4.64. The fourth-order valence-corrected chi connectivity index (χ4v) is 4.23. The van der Waals surface area contributed by atoms with E-state index in [0.717, 1.165) is 5.56 Å². The van der Waals surface area contributed by atoms with E-state index in [1.54, 1.807) is 18.4 Å². The minimum Gasteiger partial charge on any atom is -0.467 e. The van der Waals surface area contributed by atoms with Crippen LogP contribution in [0.4, 0.5) is 0 Å². The van der Waals surface area contributed by atoms with Crippen molar-refractivity contribution in [3.8, 4) is 0 Å². The molecule has 1 aromatic heterocycles. The number of hydrogen-bond acceptors (Lipinski definition) is 5. The highest BCUT2D eigenvalue weighted by molar-refractivity contribution is 7.92. The average Bonchev–Trinajstić information content (AvgIpc) is 3.23. The molecular formula is C20H25N3O4S. The Morgan fingerprint density at radius 1 is 1.14 bits per heavy atom. The first-order chi connectivity index (χ1) is 13.4. The minimum atomic E-state index is -3.47. The maximum atomic E-state index is 12.5. The maximum absolute atomic E-state index is 12.5. The molecule has 28 heavy (non-hydrogen) atoms. The standard InChI is InChI=1S/C20H25N3O4S/c1-17(19-8-5-14-27-19)21-20(24)16-22-10-12-23(13-11-22)28(25,26)15-9-18-6-3-2-4-7-18/h2-9,14-15,17H,10-13,16H2,1H3,(H,21,24)/b15-9+/t17-/m1/s1. The fourth-order valence-electron chi connectivity index (χ4n) is 3.06. The van der Waals surface area contributed by atoms with Crippen LogP contribution in [0.5, 0.6) is 0 Å². The molecule has 0 bridgehead atoms. The van der Waals surface area contributed by atoms with Crippen LogP contribution in [0.25, 0.3) is 6.08 Å². The van der Waals surface area contributed by atoms with Crippen molar-refractivity contribution in [2.45, 2.75) is 13.0 Å². The average molecular weight is 404 g/mol. The van der Waals surface area contributed by atoms with Crippen molar-refractivity contribution in [1.82, 2.24) is 14.5 Å². The van der Waals surface area contributed by atoms with Gasteiger partial charge in [0.2, 0.25) is 15.9 Å². The van der Waals surface area contributed by atoms with Gasteiger partial charge >= 0.3 is 0 Å². The molecule has 1 fully saturated rings. The van der Waals surface area contributed by atoms with Crippen LogP contribution in [0.1, 0.15) is 24.3 Å². The van der Waals surface area contributed by atoms with E-state index in [0.29, 0.717) is 31.9 Å². The first-order valence-electron chi connectivity index (χ1n) is 9.22. The first kappa shape index (κ1) is 20.3. The Kier molecular flexibility index (Phi) is 6.66. The molecule has 1 atom stereocenters. The van der Waals surface area contributed by atoms with E-state index in [4.69, 9.17) is 4.42 Å². The summed E-state index contributed by atoms with van der Waals surface area (Å²) in [6.07, 6.45) is 3.18. The number of carbonyl (C=O) groups excluding carboxylic acids is 1. The molecule has 1 aliphatic rings. The lowest BCUT2D eigenvalue weighted by Gasteiger charge is -2.33. The molecular weight excluding hydrogens is 378 g/mol. The number of nitrogens with zero attached hydrogens (tertiary/aromatic N) is 2. The highest BCUT2D eigenvalue weighted by atomic mass is 32.2. The Morgan fingerprint density at radius 2 is 1.86 bits per heavy atom. The van der Waals surface area contributed by atoms with Crippen LogP contribution in [-0.4, -0.2) is 56.3 Å². The molecule has 3 rings (SSSR count). The van der Waals surface area contributed by atoms with E-state index in [2.05, 4.69) is 5.32 Å². The van der Waals surface area contributed by atoms with Gasteiger partial charge in [0.05, 0.1) is 18.8 Å². The van der Waals surface area contributed by atoms with Crippen molar-refractivity contribution >= 4 is 22.0 Å². The second-order valence-corrected chi connectivity index (χ2v) is 8.56. The van der Waals surface area contributed by atoms with Crippen LogP contribution in [0.2, 0.25) is 0 Å². The lowest BCUT2D eigenvalue weighted by Crippen LogP contribution is -2.50. The molecule has 1 aromatic carbocycles. The summed E-state index contributed by atoms with van der Waals surface area (Å²) in [4.78, 5) is 14.2. The van der Waals surface area contributed by atoms with Gasteiger partial charge in [-0.2, -0.15) is 4.31 Å². The second-order valence-electron chi connectivity index (χ2n) is 6.74. The Labute approximate surface area is 165 Å². The number of piperazine rings is 1. The Hall–Kier alpha value is -2.42. The van der Waals surface area contributed by atoms with Crippen molar-refractivity contribution in [2.75, 3.05) is 32.7 Å². The van der Waals surface area contributed by atoms with Gasteiger partial charge in [-0.05, 0) is 30.7 Å². The maximum Gasteiger partial charge on any atom is 0.236 e. The summed E-state index contributed by atoms with van der Waals surface area (Å²) in [6.45, 7) is 3.85. The predicted octanol–water partition coefficient (Wildman–Crippen LogP) is 2.08. The van der Waals surface area contributed by atoms with Gasteiger partial charge in [0.25, 0.3) is 0 Å². The van der Waals surface area contributed by atoms with Gasteiger partial charge in [-0.25, -0.2) is 8.42 Å². The quantitative estimate of drug-likeness (QED) is 0.765. The molecule has 0 aliphatic carbocycles. The highest BCUT2D eigenvalue weighted by Crippen LogP contribution is 2.13. The van der Waals surface area contributed by atoms with Gasteiger partial charge in [-0.15, -0.1) is 0 Å². The summed E-state index contributed by atoms with van der Waals surface area (Å²) >= 11 is 0. The summed E-state index contributed by atoms with van der Waals surface area (Å²) in [6, 6.07) is 12.7. The molecule has 0 unspecified atom stereocenters. The van der Waals surface area contributed by atoms with Crippen LogP contribution in [0.3, 0.4) is 0 Å². The van der Waals surface area contributed by atoms with E-state index in [-0.39, 0.29) is 18.5 Å². The van der Waals surface area contributed by atoms with E-state index in [1.807, 2.05) is 48.2 Å². The number of furan rings is 1.